The van der Waals surface area contributed by atoms with Crippen molar-refractivity contribution in [3.8, 4) is 0 Å². The molecule has 1 atom stereocenters. The zero-order valence-corrected chi connectivity index (χ0v) is 25.4. The Morgan fingerprint density at radius 1 is 0.864 bits per heavy atom. The molecule has 0 saturated heterocycles. The number of halogens is 1. The molecule has 11 heteroatoms. The summed E-state index contributed by atoms with van der Waals surface area (Å²) in [5, 5.41) is 8.40. The molecular formula is C33H35ClN4O6. The highest BCUT2D eigenvalue weighted by Gasteiger charge is 2.22. The Labute approximate surface area is 261 Å². The van der Waals surface area contributed by atoms with E-state index in [4.69, 9.17) is 11.6 Å². The van der Waals surface area contributed by atoms with Gasteiger partial charge < -0.3 is 15.5 Å². The third-order valence-corrected chi connectivity index (χ3v) is 7.58. The Morgan fingerprint density at radius 3 is 2.16 bits per heavy atom. The van der Waals surface area contributed by atoms with Crippen LogP contribution in [0.2, 0.25) is 5.02 Å². The lowest BCUT2D eigenvalue weighted by molar-refractivity contribution is -0.125. The molecule has 0 fully saturated rings. The van der Waals surface area contributed by atoms with Gasteiger partial charge in [-0.3, -0.25) is 34.1 Å². The summed E-state index contributed by atoms with van der Waals surface area (Å²) in [7, 11) is 1.56. The number of nitrogens with zero attached hydrogens (tertiary/aromatic N) is 1. The number of rotatable bonds is 15. The van der Waals surface area contributed by atoms with Crippen molar-refractivity contribution in [2.75, 3.05) is 7.05 Å². The molecule has 5 amide bonds. The van der Waals surface area contributed by atoms with E-state index in [-0.39, 0.29) is 41.6 Å². The highest BCUT2D eigenvalue weighted by Crippen LogP contribution is 2.17. The van der Waals surface area contributed by atoms with Gasteiger partial charge in [0.25, 0.3) is 11.8 Å². The van der Waals surface area contributed by atoms with Crippen LogP contribution in [0.1, 0.15) is 74.0 Å². The number of aryl methyl sites for hydroxylation is 1. The van der Waals surface area contributed by atoms with Gasteiger partial charge in [-0.25, -0.2) is 0 Å². The predicted octanol–water partition coefficient (Wildman–Crippen LogP) is 3.84. The Hall–Kier alpha value is -4.83. The lowest BCUT2D eigenvalue weighted by atomic mass is 10.0. The summed E-state index contributed by atoms with van der Waals surface area (Å²) in [5.41, 5.74) is 3.10. The summed E-state index contributed by atoms with van der Waals surface area (Å²) in [4.78, 5) is 73.2. The van der Waals surface area contributed by atoms with Crippen molar-refractivity contribution in [3.63, 3.8) is 0 Å². The molecule has 1 unspecified atom stereocenters. The normalized spacial score (nSPS) is 11.2. The second-order valence-electron chi connectivity index (χ2n) is 10.3. The quantitative estimate of drug-likeness (QED) is 0.221. The van der Waals surface area contributed by atoms with E-state index >= 15 is 0 Å². The van der Waals surface area contributed by atoms with Gasteiger partial charge in [0.05, 0.1) is 5.56 Å². The Kier molecular flexibility index (Phi) is 12.8. The fourth-order valence-corrected chi connectivity index (χ4v) is 4.59. The van der Waals surface area contributed by atoms with Crippen LogP contribution < -0.4 is 16.0 Å². The van der Waals surface area contributed by atoms with Crippen LogP contribution in [0.5, 0.6) is 0 Å². The SMILES string of the molecule is CC(CCC(=O)NC=O)N(C)C(=O)c1ccc(C(=O)NCc2ccc(CNC(=O)CCc3ccccc3Cl)cc2)cc1C=O. The van der Waals surface area contributed by atoms with Crippen molar-refractivity contribution in [2.45, 2.75) is 51.7 Å². The van der Waals surface area contributed by atoms with Crippen molar-refractivity contribution < 1.29 is 28.8 Å². The van der Waals surface area contributed by atoms with Gasteiger partial charge in [-0.15, -0.1) is 0 Å². The minimum atomic E-state index is -0.447. The van der Waals surface area contributed by atoms with Gasteiger partial charge in [-0.05, 0) is 60.7 Å². The van der Waals surface area contributed by atoms with Crippen LogP contribution in [0.15, 0.2) is 66.7 Å². The van der Waals surface area contributed by atoms with Crippen molar-refractivity contribution >= 4 is 47.9 Å². The maximum absolute atomic E-state index is 13.0. The first-order valence-electron chi connectivity index (χ1n) is 14.1. The van der Waals surface area contributed by atoms with Crippen molar-refractivity contribution in [3.05, 3.63) is 105 Å². The Balaban J connectivity index is 1.49. The van der Waals surface area contributed by atoms with E-state index in [1.54, 1.807) is 20.0 Å². The van der Waals surface area contributed by atoms with Gasteiger partial charge in [0.15, 0.2) is 6.29 Å². The highest BCUT2D eigenvalue weighted by molar-refractivity contribution is 6.31. The number of nitrogens with one attached hydrogen (secondary N) is 3. The van der Waals surface area contributed by atoms with Crippen molar-refractivity contribution in [1.82, 2.24) is 20.9 Å². The largest absolute Gasteiger partial charge is 0.352 e. The van der Waals surface area contributed by atoms with E-state index in [0.29, 0.717) is 43.5 Å². The summed E-state index contributed by atoms with van der Waals surface area (Å²) in [6.45, 7) is 2.36. The van der Waals surface area contributed by atoms with E-state index < -0.39 is 17.7 Å². The second kappa shape index (κ2) is 16.7. The third kappa shape index (κ3) is 9.88. The number of imide groups is 1. The monoisotopic (exact) mass is 618 g/mol. The maximum atomic E-state index is 13.0. The van der Waals surface area contributed by atoms with Crippen LogP contribution in [0.3, 0.4) is 0 Å². The fraction of sp³-hybridized carbons (Fsp3) is 0.273. The lowest BCUT2D eigenvalue weighted by Crippen LogP contribution is -2.36. The molecule has 0 heterocycles. The third-order valence-electron chi connectivity index (χ3n) is 7.21. The summed E-state index contributed by atoms with van der Waals surface area (Å²) < 4.78 is 0. The molecule has 0 radical (unpaired) electrons. The molecule has 0 aliphatic rings. The van der Waals surface area contributed by atoms with E-state index in [2.05, 4.69) is 16.0 Å². The summed E-state index contributed by atoms with van der Waals surface area (Å²) in [5.74, 6) is -1.37. The van der Waals surface area contributed by atoms with Gasteiger partial charge >= 0.3 is 0 Å². The summed E-state index contributed by atoms with van der Waals surface area (Å²) in [6, 6.07) is 18.8. The molecule has 0 aromatic heterocycles. The number of hydrogen-bond donors (Lipinski definition) is 3. The number of carbonyl (C=O) groups is 6. The Bertz CT molecular complexity index is 1510. The molecule has 3 aromatic carbocycles. The average molecular weight is 619 g/mol. The van der Waals surface area contributed by atoms with Crippen LogP contribution in [0, 0.1) is 0 Å². The van der Waals surface area contributed by atoms with Crippen molar-refractivity contribution in [1.29, 1.82) is 0 Å². The summed E-state index contributed by atoms with van der Waals surface area (Å²) in [6.07, 6.45) is 2.09. The molecule has 10 nitrogen and oxygen atoms in total. The predicted molar refractivity (Wildman–Crippen MR) is 166 cm³/mol. The van der Waals surface area contributed by atoms with Crippen LogP contribution in [0.4, 0.5) is 0 Å². The molecule has 3 N–H and O–H groups in total. The van der Waals surface area contributed by atoms with E-state index in [9.17, 15) is 28.8 Å². The molecule has 3 rings (SSSR count). The molecule has 44 heavy (non-hydrogen) atoms. The van der Waals surface area contributed by atoms with Gasteiger partial charge in [-0.2, -0.15) is 0 Å². The maximum Gasteiger partial charge on any atom is 0.254 e. The fourth-order valence-electron chi connectivity index (χ4n) is 4.36. The first kappa shape index (κ1) is 33.7. The molecule has 0 aliphatic carbocycles. The minimum Gasteiger partial charge on any atom is -0.352 e. The number of amides is 5. The van der Waals surface area contributed by atoms with Crippen LogP contribution >= 0.6 is 11.6 Å². The first-order chi connectivity index (χ1) is 21.1. The standard InChI is InChI=1S/C33H35ClN4O6/c1-22(7-15-31(42)37-21-40)38(2)33(44)28-14-12-26(17-27(28)20-39)32(43)36-19-24-10-8-23(9-11-24)18-35-30(41)16-13-25-5-3-4-6-29(25)34/h3-6,8-12,14,17,20-22H,7,13,15-16,18-19H2,1-2H3,(H,35,41)(H,36,43)(H,37,40,42). The first-order valence-corrected chi connectivity index (χ1v) is 14.5. The number of hydrogen-bond acceptors (Lipinski definition) is 6. The number of aldehydes is 1. The van der Waals surface area contributed by atoms with Gasteiger partial charge in [-0.1, -0.05) is 54.1 Å². The number of carbonyl (C=O) groups excluding carboxylic acids is 6. The van der Waals surface area contributed by atoms with Gasteiger partial charge in [0.1, 0.15) is 0 Å². The molecular weight excluding hydrogens is 584 g/mol. The van der Waals surface area contributed by atoms with Crippen LogP contribution in [-0.4, -0.2) is 54.3 Å². The molecule has 0 aliphatic heterocycles. The van der Waals surface area contributed by atoms with Crippen LogP contribution in [0.25, 0.3) is 0 Å². The zero-order valence-electron chi connectivity index (χ0n) is 24.6. The van der Waals surface area contributed by atoms with E-state index in [1.165, 1.54) is 23.1 Å². The molecule has 3 aromatic rings. The minimum absolute atomic E-state index is 0.0573. The average Bonchev–Trinajstić information content (AvgIpc) is 3.04. The van der Waals surface area contributed by atoms with E-state index in [0.717, 1.165) is 16.7 Å². The molecule has 0 bridgehead atoms. The molecule has 0 saturated carbocycles. The topological polar surface area (TPSA) is 142 Å². The molecule has 0 spiro atoms. The second-order valence-corrected chi connectivity index (χ2v) is 10.7. The Morgan fingerprint density at radius 2 is 1.52 bits per heavy atom. The molecule has 230 valence electrons. The van der Waals surface area contributed by atoms with Gasteiger partial charge in [0, 0.05) is 55.2 Å². The zero-order chi connectivity index (χ0) is 32.1. The van der Waals surface area contributed by atoms with E-state index in [1.807, 2.05) is 42.5 Å². The smallest absolute Gasteiger partial charge is 0.254 e. The summed E-state index contributed by atoms with van der Waals surface area (Å²) >= 11 is 6.15. The van der Waals surface area contributed by atoms with Gasteiger partial charge in [0.2, 0.25) is 18.2 Å². The lowest BCUT2D eigenvalue weighted by Gasteiger charge is -2.25. The number of benzene rings is 3. The highest BCUT2D eigenvalue weighted by atomic mass is 35.5. The van der Waals surface area contributed by atoms with Crippen molar-refractivity contribution in [2.24, 2.45) is 0 Å². The van der Waals surface area contributed by atoms with Crippen LogP contribution in [-0.2, 0) is 33.9 Å².